The predicted molar refractivity (Wildman–Crippen MR) is 99.9 cm³/mol. The topological polar surface area (TPSA) is 95.0 Å². The minimum absolute atomic E-state index is 0.0142. The van der Waals surface area contributed by atoms with Gasteiger partial charge in [0.15, 0.2) is 5.96 Å². The van der Waals surface area contributed by atoms with E-state index in [0.29, 0.717) is 25.6 Å². The van der Waals surface area contributed by atoms with Gasteiger partial charge >= 0.3 is 6.09 Å². The fraction of sp³-hybridized carbons (Fsp3) is 0.556. The van der Waals surface area contributed by atoms with Crippen LogP contribution in [0, 0.1) is 0 Å². The Kier molecular flexibility index (Phi) is 8.77. The van der Waals surface area contributed by atoms with Gasteiger partial charge in [0.05, 0.1) is 6.61 Å². The first kappa shape index (κ1) is 20.8. The molecule has 140 valence electrons. The van der Waals surface area contributed by atoms with E-state index in [-0.39, 0.29) is 12.5 Å². The largest absolute Gasteiger partial charge is 0.444 e. The van der Waals surface area contributed by atoms with E-state index in [0.717, 1.165) is 5.56 Å². The minimum atomic E-state index is -0.508. The number of carbonyl (C=O) groups excluding carboxylic acids is 1. The monoisotopic (exact) mass is 350 g/mol. The van der Waals surface area contributed by atoms with Crippen molar-refractivity contribution in [2.45, 2.75) is 32.3 Å². The van der Waals surface area contributed by atoms with Crippen LogP contribution in [0.2, 0.25) is 0 Å². The molecule has 0 aromatic heterocycles. The first-order valence-electron chi connectivity index (χ1n) is 8.43. The van der Waals surface area contributed by atoms with Crippen LogP contribution in [0.4, 0.5) is 4.79 Å². The first-order chi connectivity index (χ1) is 11.9. The molecule has 1 aromatic carbocycles. The van der Waals surface area contributed by atoms with Crippen LogP contribution in [0.1, 0.15) is 32.3 Å². The number of aliphatic hydroxyl groups is 1. The second-order valence-corrected chi connectivity index (χ2v) is 6.60. The Morgan fingerprint density at radius 3 is 2.36 bits per heavy atom. The summed E-state index contributed by atoms with van der Waals surface area (Å²) < 4.78 is 5.16. The van der Waals surface area contributed by atoms with Crippen molar-refractivity contribution in [3.63, 3.8) is 0 Å². The number of nitrogens with one attached hydrogen (secondary N) is 3. The van der Waals surface area contributed by atoms with E-state index in [9.17, 15) is 9.90 Å². The van der Waals surface area contributed by atoms with Crippen molar-refractivity contribution in [1.29, 1.82) is 0 Å². The van der Waals surface area contributed by atoms with Crippen molar-refractivity contribution < 1.29 is 14.6 Å². The lowest BCUT2D eigenvalue weighted by atomic mass is 10.0. The number of aliphatic hydroxyl groups excluding tert-OH is 1. The Hall–Kier alpha value is -2.28. The number of hydrogen-bond acceptors (Lipinski definition) is 4. The molecular weight excluding hydrogens is 320 g/mol. The third kappa shape index (κ3) is 8.95. The third-order valence-corrected chi connectivity index (χ3v) is 3.32. The molecule has 0 fully saturated rings. The molecule has 7 heteroatoms. The van der Waals surface area contributed by atoms with Gasteiger partial charge < -0.3 is 25.8 Å². The van der Waals surface area contributed by atoms with E-state index in [1.807, 2.05) is 51.1 Å². The average Bonchev–Trinajstić information content (AvgIpc) is 2.56. The van der Waals surface area contributed by atoms with Crippen molar-refractivity contribution in [3.05, 3.63) is 35.9 Å². The SMILES string of the molecule is CN=C(NCCNC(=O)OC(C)(C)C)NCC(CO)c1ccccc1. The van der Waals surface area contributed by atoms with Crippen molar-refractivity contribution in [2.75, 3.05) is 33.3 Å². The standard InChI is InChI=1S/C18H30N4O3/c1-18(2,3)25-17(24)21-11-10-20-16(19-4)22-12-15(13-23)14-8-6-5-7-9-14/h5-9,15,23H,10-13H2,1-4H3,(H,21,24)(H2,19,20,22). The van der Waals surface area contributed by atoms with Crippen LogP contribution in [0.15, 0.2) is 35.3 Å². The number of hydrogen-bond donors (Lipinski definition) is 4. The van der Waals surface area contributed by atoms with Crippen molar-refractivity contribution in [1.82, 2.24) is 16.0 Å². The summed E-state index contributed by atoms with van der Waals surface area (Å²) in [5.41, 5.74) is 0.561. The summed E-state index contributed by atoms with van der Waals surface area (Å²) in [6.45, 7) is 6.99. The fourth-order valence-electron chi connectivity index (χ4n) is 2.11. The molecule has 1 rings (SSSR count). The maximum atomic E-state index is 11.5. The van der Waals surface area contributed by atoms with E-state index < -0.39 is 11.7 Å². The van der Waals surface area contributed by atoms with Gasteiger partial charge in [-0.05, 0) is 26.3 Å². The van der Waals surface area contributed by atoms with Crippen molar-refractivity contribution >= 4 is 12.1 Å². The van der Waals surface area contributed by atoms with E-state index in [1.54, 1.807) is 7.05 Å². The predicted octanol–water partition coefficient (Wildman–Crippen LogP) is 1.45. The molecule has 0 aliphatic carbocycles. The Labute approximate surface area is 149 Å². The molecule has 1 aromatic rings. The van der Waals surface area contributed by atoms with Crippen LogP contribution in [0.25, 0.3) is 0 Å². The summed E-state index contributed by atoms with van der Waals surface area (Å²) in [5, 5.41) is 18.5. The zero-order chi connectivity index (χ0) is 18.7. The summed E-state index contributed by atoms with van der Waals surface area (Å²) in [6, 6.07) is 9.83. The van der Waals surface area contributed by atoms with E-state index >= 15 is 0 Å². The number of aliphatic imine (C=N–C) groups is 1. The number of carbonyl (C=O) groups is 1. The number of ether oxygens (including phenoxy) is 1. The minimum Gasteiger partial charge on any atom is -0.444 e. The molecule has 7 nitrogen and oxygen atoms in total. The van der Waals surface area contributed by atoms with Gasteiger partial charge in [-0.25, -0.2) is 4.79 Å². The second kappa shape index (κ2) is 10.6. The van der Waals surface area contributed by atoms with Gasteiger partial charge in [-0.15, -0.1) is 0 Å². The molecule has 0 saturated carbocycles. The first-order valence-corrected chi connectivity index (χ1v) is 8.43. The molecule has 0 spiro atoms. The van der Waals surface area contributed by atoms with Crippen LogP contribution in [-0.2, 0) is 4.74 Å². The van der Waals surface area contributed by atoms with Gasteiger partial charge in [-0.3, -0.25) is 4.99 Å². The van der Waals surface area contributed by atoms with Crippen LogP contribution in [-0.4, -0.2) is 56.0 Å². The lowest BCUT2D eigenvalue weighted by Crippen LogP contribution is -2.43. The lowest BCUT2D eigenvalue weighted by molar-refractivity contribution is 0.0529. The molecule has 1 amide bonds. The Morgan fingerprint density at radius 2 is 1.80 bits per heavy atom. The number of amides is 1. The highest BCUT2D eigenvalue weighted by molar-refractivity contribution is 5.79. The van der Waals surface area contributed by atoms with Gasteiger partial charge in [0.25, 0.3) is 0 Å². The summed E-state index contributed by atoms with van der Waals surface area (Å²) in [4.78, 5) is 15.7. The molecule has 0 heterocycles. The van der Waals surface area contributed by atoms with Gasteiger partial charge in [-0.2, -0.15) is 0 Å². The van der Waals surface area contributed by atoms with Gasteiger partial charge in [0.1, 0.15) is 5.60 Å². The molecule has 0 aliphatic heterocycles. The second-order valence-electron chi connectivity index (χ2n) is 6.60. The van der Waals surface area contributed by atoms with Crippen molar-refractivity contribution in [3.8, 4) is 0 Å². The highest BCUT2D eigenvalue weighted by Crippen LogP contribution is 2.13. The Morgan fingerprint density at radius 1 is 1.16 bits per heavy atom. The molecule has 25 heavy (non-hydrogen) atoms. The van der Waals surface area contributed by atoms with E-state index in [1.165, 1.54) is 0 Å². The van der Waals surface area contributed by atoms with Crippen LogP contribution >= 0.6 is 0 Å². The summed E-state index contributed by atoms with van der Waals surface area (Å²) in [5.74, 6) is 0.597. The maximum Gasteiger partial charge on any atom is 0.407 e. The molecule has 0 saturated heterocycles. The van der Waals surface area contributed by atoms with Gasteiger partial charge in [0, 0.05) is 32.6 Å². The molecule has 4 N–H and O–H groups in total. The number of guanidine groups is 1. The molecular formula is C18H30N4O3. The number of benzene rings is 1. The normalized spacial score (nSPS) is 13.1. The quantitative estimate of drug-likeness (QED) is 0.339. The van der Waals surface area contributed by atoms with Crippen LogP contribution in [0.5, 0.6) is 0 Å². The average molecular weight is 350 g/mol. The van der Waals surface area contributed by atoms with Gasteiger partial charge in [-0.1, -0.05) is 30.3 Å². The highest BCUT2D eigenvalue weighted by atomic mass is 16.6. The van der Waals surface area contributed by atoms with E-state index in [4.69, 9.17) is 4.74 Å². The number of rotatable bonds is 7. The smallest absolute Gasteiger partial charge is 0.407 e. The van der Waals surface area contributed by atoms with Crippen molar-refractivity contribution in [2.24, 2.45) is 4.99 Å². The Balaban J connectivity index is 2.32. The van der Waals surface area contributed by atoms with Crippen LogP contribution < -0.4 is 16.0 Å². The summed E-state index contributed by atoms with van der Waals surface area (Å²) in [7, 11) is 1.67. The maximum absolute atomic E-state index is 11.5. The fourth-order valence-corrected chi connectivity index (χ4v) is 2.11. The summed E-state index contributed by atoms with van der Waals surface area (Å²) in [6.07, 6.45) is -0.443. The summed E-state index contributed by atoms with van der Waals surface area (Å²) >= 11 is 0. The molecule has 1 atom stereocenters. The molecule has 0 aliphatic rings. The zero-order valence-electron chi connectivity index (χ0n) is 15.5. The zero-order valence-corrected chi connectivity index (χ0v) is 15.5. The molecule has 1 unspecified atom stereocenters. The Bertz CT molecular complexity index is 541. The van der Waals surface area contributed by atoms with Crippen LogP contribution in [0.3, 0.4) is 0 Å². The van der Waals surface area contributed by atoms with E-state index in [2.05, 4.69) is 20.9 Å². The molecule has 0 radical (unpaired) electrons. The molecule has 0 bridgehead atoms. The third-order valence-electron chi connectivity index (χ3n) is 3.32. The van der Waals surface area contributed by atoms with Gasteiger partial charge in [0.2, 0.25) is 0 Å². The number of nitrogens with zero attached hydrogens (tertiary/aromatic N) is 1. The lowest BCUT2D eigenvalue weighted by Gasteiger charge is -2.20. The number of alkyl carbamates (subject to hydrolysis) is 1. The highest BCUT2D eigenvalue weighted by Gasteiger charge is 2.15.